The number of aryl methyl sites for hydroxylation is 1. The summed E-state index contributed by atoms with van der Waals surface area (Å²) in [6, 6.07) is 14.6. The molecule has 0 aliphatic heterocycles. The molecule has 36 heavy (non-hydrogen) atoms. The van der Waals surface area contributed by atoms with Crippen LogP contribution in [-0.2, 0) is 11.2 Å². The molecule has 0 aliphatic rings. The zero-order valence-corrected chi connectivity index (χ0v) is 19.0. The van der Waals surface area contributed by atoms with Gasteiger partial charge in [-0.2, -0.15) is 0 Å². The summed E-state index contributed by atoms with van der Waals surface area (Å²) in [6.07, 6.45) is 4.66. The molecule has 0 amide bonds. The van der Waals surface area contributed by atoms with Crippen molar-refractivity contribution in [2.75, 3.05) is 0 Å². The van der Waals surface area contributed by atoms with Gasteiger partial charge in [0.05, 0.1) is 5.56 Å². The van der Waals surface area contributed by atoms with Gasteiger partial charge in [0.15, 0.2) is 17.4 Å². The first-order chi connectivity index (χ1) is 17.4. The molecule has 0 bridgehead atoms. The second-order valence-electron chi connectivity index (χ2n) is 8.21. The Hall–Kier alpha value is -4.79. The lowest BCUT2D eigenvalue weighted by Crippen LogP contribution is -1.95. The Bertz CT molecular complexity index is 1620. The first kappa shape index (κ1) is 23.0. The minimum Gasteiger partial charge on any atom is -0.478 e. The zero-order valence-electron chi connectivity index (χ0n) is 19.0. The lowest BCUT2D eigenvalue weighted by molar-refractivity contribution is -0.131. The van der Waals surface area contributed by atoms with Crippen molar-refractivity contribution in [1.82, 2.24) is 20.2 Å². The van der Waals surface area contributed by atoms with Crippen molar-refractivity contribution >= 4 is 22.9 Å². The molecule has 0 saturated carbocycles. The molecule has 3 aromatic carbocycles. The highest BCUT2D eigenvalue weighted by Crippen LogP contribution is 2.35. The van der Waals surface area contributed by atoms with Gasteiger partial charge in [-0.25, -0.2) is 13.6 Å². The highest BCUT2D eigenvalue weighted by molar-refractivity contribution is 5.86. The number of fused-ring (bicyclic) bond motifs is 1. The normalized spacial score (nSPS) is 11.4. The number of rotatable bonds is 7. The van der Waals surface area contributed by atoms with E-state index >= 15 is 0 Å². The van der Waals surface area contributed by atoms with Crippen LogP contribution in [0.15, 0.2) is 66.9 Å². The van der Waals surface area contributed by atoms with Crippen molar-refractivity contribution in [3.63, 3.8) is 0 Å². The monoisotopic (exact) mass is 486 g/mol. The fraction of sp³-hybridized carbons (Fsp3) is 0.0741. The third-order valence-corrected chi connectivity index (χ3v) is 5.70. The van der Waals surface area contributed by atoms with Crippen LogP contribution in [0.25, 0.3) is 28.4 Å². The van der Waals surface area contributed by atoms with Crippen molar-refractivity contribution in [1.29, 1.82) is 0 Å². The molecule has 0 spiro atoms. The smallest absolute Gasteiger partial charge is 0.328 e. The predicted molar refractivity (Wildman–Crippen MR) is 131 cm³/mol. The number of aromatic amines is 2. The minimum atomic E-state index is -1.03. The number of nitrogens with one attached hydrogen (secondary N) is 2. The van der Waals surface area contributed by atoms with Gasteiger partial charge in [-0.3, -0.25) is 0 Å². The Kier molecular flexibility index (Phi) is 6.03. The quantitative estimate of drug-likeness (QED) is 0.244. The van der Waals surface area contributed by atoms with Gasteiger partial charge in [-0.15, -0.1) is 10.2 Å². The van der Waals surface area contributed by atoms with Crippen LogP contribution in [-0.4, -0.2) is 31.2 Å². The number of nitrogens with zero attached hydrogens (tertiary/aromatic N) is 2. The number of carboxylic acids is 1. The first-order valence-electron chi connectivity index (χ1n) is 11.0. The molecule has 9 heteroatoms. The molecule has 0 aliphatic carbocycles. The second kappa shape index (κ2) is 9.46. The van der Waals surface area contributed by atoms with E-state index in [1.165, 1.54) is 30.3 Å². The van der Waals surface area contributed by atoms with Crippen LogP contribution in [0, 0.1) is 18.6 Å². The molecule has 3 N–H and O–H groups in total. The predicted octanol–water partition coefficient (Wildman–Crippen LogP) is 6.02. The van der Waals surface area contributed by atoms with Crippen molar-refractivity contribution in [3.05, 3.63) is 101 Å². The van der Waals surface area contributed by atoms with Crippen molar-refractivity contribution in [2.24, 2.45) is 0 Å². The van der Waals surface area contributed by atoms with Gasteiger partial charge in [0, 0.05) is 41.2 Å². The Labute approximate surface area is 204 Å². The molecule has 0 radical (unpaired) electrons. The zero-order chi connectivity index (χ0) is 25.2. The van der Waals surface area contributed by atoms with Crippen LogP contribution < -0.4 is 4.74 Å². The number of carboxylic acid groups (broad SMARTS) is 1. The van der Waals surface area contributed by atoms with Crippen molar-refractivity contribution in [2.45, 2.75) is 13.3 Å². The van der Waals surface area contributed by atoms with Gasteiger partial charge in [0.2, 0.25) is 0 Å². The van der Waals surface area contributed by atoms with Crippen molar-refractivity contribution < 1.29 is 23.4 Å². The number of H-pyrrole nitrogens is 2. The number of aromatic nitrogens is 4. The minimum absolute atomic E-state index is 0.0646. The summed E-state index contributed by atoms with van der Waals surface area (Å²) in [7, 11) is 0. The number of aliphatic carboxylic acids is 1. The van der Waals surface area contributed by atoms with E-state index in [4.69, 9.17) is 9.84 Å². The van der Waals surface area contributed by atoms with Gasteiger partial charge < -0.3 is 19.8 Å². The molecule has 0 saturated heterocycles. The van der Waals surface area contributed by atoms with E-state index in [1.54, 1.807) is 25.3 Å². The average Bonchev–Trinajstić information content (AvgIpc) is 3.51. The molecule has 0 unspecified atom stereocenters. The van der Waals surface area contributed by atoms with Crippen molar-refractivity contribution in [3.8, 4) is 22.9 Å². The molecular formula is C27H20F2N4O3. The van der Waals surface area contributed by atoms with E-state index in [2.05, 4.69) is 20.2 Å². The SMILES string of the molecule is Cc1c(Oc2ccc(F)c(-c3nnc(Cc4cccc(C=CC(=O)O)c4)[nH]3)c2)c(F)cc2[nH]ccc12. The van der Waals surface area contributed by atoms with Gasteiger partial charge in [-0.05, 0) is 48.4 Å². The van der Waals surface area contributed by atoms with Crippen LogP contribution in [0.4, 0.5) is 8.78 Å². The Morgan fingerprint density at radius 3 is 2.78 bits per heavy atom. The highest BCUT2D eigenvalue weighted by Gasteiger charge is 2.16. The number of benzene rings is 3. The maximum atomic E-state index is 14.7. The summed E-state index contributed by atoms with van der Waals surface area (Å²) in [5.74, 6) is -1.09. The topological polar surface area (TPSA) is 104 Å². The van der Waals surface area contributed by atoms with E-state index in [1.807, 2.05) is 18.2 Å². The van der Waals surface area contributed by atoms with E-state index in [0.717, 1.165) is 22.6 Å². The Morgan fingerprint density at radius 2 is 1.94 bits per heavy atom. The molecule has 7 nitrogen and oxygen atoms in total. The van der Waals surface area contributed by atoms with Gasteiger partial charge in [0.1, 0.15) is 17.4 Å². The van der Waals surface area contributed by atoms with Gasteiger partial charge in [-0.1, -0.05) is 24.3 Å². The van der Waals surface area contributed by atoms with Crippen LogP contribution in [0.1, 0.15) is 22.5 Å². The van der Waals surface area contributed by atoms with Crippen LogP contribution >= 0.6 is 0 Å². The van der Waals surface area contributed by atoms with E-state index in [-0.39, 0.29) is 22.9 Å². The summed E-state index contributed by atoms with van der Waals surface area (Å²) in [4.78, 5) is 16.7. The summed E-state index contributed by atoms with van der Waals surface area (Å²) < 4.78 is 35.2. The highest BCUT2D eigenvalue weighted by atomic mass is 19.1. The second-order valence-corrected chi connectivity index (χ2v) is 8.21. The molecule has 0 atom stereocenters. The summed E-state index contributed by atoms with van der Waals surface area (Å²) >= 11 is 0. The van der Waals surface area contributed by atoms with Gasteiger partial charge >= 0.3 is 5.97 Å². The molecule has 5 aromatic rings. The van der Waals surface area contributed by atoms with E-state index in [9.17, 15) is 13.6 Å². The summed E-state index contributed by atoms with van der Waals surface area (Å²) in [5.41, 5.74) is 3.01. The first-order valence-corrected chi connectivity index (χ1v) is 11.0. The van der Waals surface area contributed by atoms with Gasteiger partial charge in [0.25, 0.3) is 0 Å². The fourth-order valence-corrected chi connectivity index (χ4v) is 3.98. The molecule has 5 rings (SSSR count). The molecule has 180 valence electrons. The Morgan fingerprint density at radius 1 is 1.08 bits per heavy atom. The molecule has 2 heterocycles. The molecule has 0 fully saturated rings. The number of carbonyl (C=O) groups is 1. The number of hydrogen-bond acceptors (Lipinski definition) is 4. The molecule has 2 aromatic heterocycles. The third kappa shape index (κ3) is 4.72. The largest absolute Gasteiger partial charge is 0.478 e. The van der Waals surface area contributed by atoms with Crippen LogP contribution in [0.5, 0.6) is 11.5 Å². The number of ether oxygens (including phenoxy) is 1. The Balaban J connectivity index is 1.39. The van der Waals surface area contributed by atoms with E-state index < -0.39 is 17.6 Å². The maximum absolute atomic E-state index is 14.7. The average molecular weight is 486 g/mol. The molecular weight excluding hydrogens is 466 g/mol. The van der Waals surface area contributed by atoms with Crippen LogP contribution in [0.2, 0.25) is 0 Å². The number of hydrogen-bond donors (Lipinski definition) is 3. The standard InChI is InChI=1S/C27H20F2N4O3/c1-15-19-9-10-30-23(19)14-22(29)26(15)36-18-6-7-21(28)20(13-18)27-31-24(32-33-27)12-17-4-2-3-16(11-17)5-8-25(34)35/h2-11,13-14,30H,12H2,1H3,(H,34,35)(H,31,32,33). The van der Waals surface area contributed by atoms with Crippen LogP contribution in [0.3, 0.4) is 0 Å². The van der Waals surface area contributed by atoms with E-state index in [0.29, 0.717) is 23.3 Å². The third-order valence-electron chi connectivity index (χ3n) is 5.70. The number of halogens is 2. The lowest BCUT2D eigenvalue weighted by atomic mass is 10.1. The summed E-state index contributed by atoms with van der Waals surface area (Å²) in [6.45, 7) is 1.76. The maximum Gasteiger partial charge on any atom is 0.328 e. The lowest BCUT2D eigenvalue weighted by Gasteiger charge is -2.12. The fourth-order valence-electron chi connectivity index (χ4n) is 3.98. The summed E-state index contributed by atoms with van der Waals surface area (Å²) in [5, 5.41) is 17.8.